The quantitative estimate of drug-likeness (QED) is 0.745. The Balaban J connectivity index is 2.62. The summed E-state index contributed by atoms with van der Waals surface area (Å²) in [6, 6.07) is 1.38. The lowest BCUT2D eigenvalue weighted by atomic mass is 10.3. The van der Waals surface area contributed by atoms with Crippen molar-refractivity contribution in [2.45, 2.75) is 26.1 Å². The van der Waals surface area contributed by atoms with Gasteiger partial charge >= 0.3 is 0 Å². The number of halogens is 3. The Labute approximate surface area is 108 Å². The summed E-state index contributed by atoms with van der Waals surface area (Å²) < 4.78 is 29.3. The molecule has 1 rings (SSSR count). The molecule has 0 amide bonds. The highest BCUT2D eigenvalue weighted by atomic mass is 35.5. The molecule has 1 aromatic rings. The molecule has 1 heterocycles. The number of alkyl halides is 2. The summed E-state index contributed by atoms with van der Waals surface area (Å²) in [6.07, 6.45) is -4.56. The van der Waals surface area contributed by atoms with Gasteiger partial charge in [-0.2, -0.15) is 0 Å². The topological polar surface area (TPSA) is 67.3 Å². The Morgan fingerprint density at radius 1 is 1.50 bits per heavy atom. The molecule has 18 heavy (non-hydrogen) atoms. The zero-order chi connectivity index (χ0) is 13.5. The largest absolute Gasteiger partial charge is 0.385 e. The van der Waals surface area contributed by atoms with Gasteiger partial charge in [0.2, 0.25) is 0 Å². The number of rotatable bonds is 7. The van der Waals surface area contributed by atoms with Crippen molar-refractivity contribution in [3.05, 3.63) is 17.0 Å². The van der Waals surface area contributed by atoms with Crippen molar-refractivity contribution in [1.82, 2.24) is 9.97 Å². The number of ether oxygens (including phenoxy) is 1. The van der Waals surface area contributed by atoms with Crippen LogP contribution < -0.4 is 5.32 Å². The molecule has 0 aliphatic rings. The Morgan fingerprint density at radius 3 is 2.83 bits per heavy atom. The number of nitrogens with zero attached hydrogens (tertiary/aromatic N) is 2. The third-order valence-electron chi connectivity index (χ3n) is 1.96. The zero-order valence-corrected chi connectivity index (χ0v) is 10.5. The van der Waals surface area contributed by atoms with E-state index in [4.69, 9.17) is 21.4 Å². The van der Waals surface area contributed by atoms with Crippen molar-refractivity contribution >= 4 is 17.4 Å². The molecule has 8 heteroatoms. The molecule has 102 valence electrons. The van der Waals surface area contributed by atoms with Crippen LogP contribution in [0.25, 0.3) is 0 Å². The number of anilines is 1. The molecule has 1 unspecified atom stereocenters. The molecule has 1 aromatic heterocycles. The molecule has 0 fully saturated rings. The van der Waals surface area contributed by atoms with E-state index in [2.05, 4.69) is 15.3 Å². The van der Waals surface area contributed by atoms with Crippen molar-refractivity contribution in [2.24, 2.45) is 0 Å². The van der Waals surface area contributed by atoms with Crippen molar-refractivity contribution in [1.29, 1.82) is 0 Å². The van der Waals surface area contributed by atoms with Crippen LogP contribution in [0.5, 0.6) is 0 Å². The number of hydrogen-bond acceptors (Lipinski definition) is 5. The first-order valence-corrected chi connectivity index (χ1v) is 5.72. The lowest BCUT2D eigenvalue weighted by Gasteiger charge is -2.12. The predicted molar refractivity (Wildman–Crippen MR) is 62.9 cm³/mol. The van der Waals surface area contributed by atoms with Gasteiger partial charge in [0, 0.05) is 19.2 Å². The van der Waals surface area contributed by atoms with E-state index in [0.717, 1.165) is 0 Å². The van der Waals surface area contributed by atoms with E-state index in [1.165, 1.54) is 6.07 Å². The SMILES string of the molecule is CCOCc1nc(Cl)cc(NCC(O)C(F)F)n1. The van der Waals surface area contributed by atoms with Gasteiger partial charge in [0.1, 0.15) is 23.7 Å². The first-order chi connectivity index (χ1) is 8.52. The number of aromatic nitrogens is 2. The predicted octanol–water partition coefficient (Wildman–Crippen LogP) is 1.70. The Hall–Kier alpha value is -1.05. The van der Waals surface area contributed by atoms with Crippen LogP contribution in [0.15, 0.2) is 6.07 Å². The minimum absolute atomic E-state index is 0.175. The van der Waals surface area contributed by atoms with Gasteiger partial charge in [-0.1, -0.05) is 11.6 Å². The average molecular weight is 282 g/mol. The van der Waals surface area contributed by atoms with Gasteiger partial charge in [0.05, 0.1) is 0 Å². The molecular weight excluding hydrogens is 268 g/mol. The summed E-state index contributed by atoms with van der Waals surface area (Å²) in [7, 11) is 0. The van der Waals surface area contributed by atoms with Gasteiger partial charge in [0.15, 0.2) is 5.82 Å². The molecule has 0 radical (unpaired) electrons. The standard InChI is InChI=1S/C10H14ClF2N3O2/c1-2-18-5-9-15-7(11)3-8(16-9)14-4-6(17)10(12)13/h3,6,10,17H,2,4-5H2,1H3,(H,14,15,16). The first kappa shape index (κ1) is 15.0. The van der Waals surface area contributed by atoms with E-state index in [9.17, 15) is 8.78 Å². The average Bonchev–Trinajstić information content (AvgIpc) is 2.32. The van der Waals surface area contributed by atoms with Crippen LogP contribution >= 0.6 is 11.6 Å². The van der Waals surface area contributed by atoms with Crippen molar-refractivity contribution in [2.75, 3.05) is 18.5 Å². The zero-order valence-electron chi connectivity index (χ0n) is 9.74. The Kier molecular flexibility index (Phi) is 6.17. The third-order valence-corrected chi connectivity index (χ3v) is 2.15. The second-order valence-corrected chi connectivity index (χ2v) is 3.80. The monoisotopic (exact) mass is 281 g/mol. The first-order valence-electron chi connectivity index (χ1n) is 5.34. The lowest BCUT2D eigenvalue weighted by Crippen LogP contribution is -2.27. The smallest absolute Gasteiger partial charge is 0.265 e. The van der Waals surface area contributed by atoms with E-state index in [1.54, 1.807) is 0 Å². The van der Waals surface area contributed by atoms with Crippen LogP contribution in [0.2, 0.25) is 5.15 Å². The van der Waals surface area contributed by atoms with Gasteiger partial charge in [-0.3, -0.25) is 0 Å². The molecule has 0 aliphatic heterocycles. The van der Waals surface area contributed by atoms with Crippen LogP contribution in [0.1, 0.15) is 12.7 Å². The Morgan fingerprint density at radius 2 is 2.22 bits per heavy atom. The molecule has 0 aromatic carbocycles. The van der Waals surface area contributed by atoms with Gasteiger partial charge < -0.3 is 15.2 Å². The maximum absolute atomic E-state index is 12.1. The van der Waals surface area contributed by atoms with E-state index in [-0.39, 0.29) is 24.1 Å². The fourth-order valence-electron chi connectivity index (χ4n) is 1.11. The van der Waals surface area contributed by atoms with E-state index in [1.807, 2.05) is 6.92 Å². The summed E-state index contributed by atoms with van der Waals surface area (Å²) in [6.45, 7) is 2.19. The maximum atomic E-state index is 12.1. The maximum Gasteiger partial charge on any atom is 0.265 e. The highest BCUT2D eigenvalue weighted by molar-refractivity contribution is 6.29. The molecule has 0 bridgehead atoms. The molecule has 0 saturated carbocycles. The molecule has 0 aliphatic carbocycles. The highest BCUT2D eigenvalue weighted by Crippen LogP contribution is 2.12. The van der Waals surface area contributed by atoms with Crippen molar-refractivity contribution < 1.29 is 18.6 Å². The highest BCUT2D eigenvalue weighted by Gasteiger charge is 2.16. The number of aliphatic hydroxyl groups is 1. The molecular formula is C10H14ClF2N3O2. The van der Waals surface area contributed by atoms with Crippen LogP contribution in [0.3, 0.4) is 0 Å². The summed E-state index contributed by atoms with van der Waals surface area (Å²) in [5.74, 6) is 0.614. The Bertz CT molecular complexity index is 382. The van der Waals surface area contributed by atoms with E-state index >= 15 is 0 Å². The number of aliphatic hydroxyl groups excluding tert-OH is 1. The van der Waals surface area contributed by atoms with Crippen LogP contribution in [-0.4, -0.2) is 40.8 Å². The molecule has 2 N–H and O–H groups in total. The summed E-state index contributed by atoms with van der Waals surface area (Å²) in [5.41, 5.74) is 0. The van der Waals surface area contributed by atoms with Gasteiger partial charge in [-0.05, 0) is 6.92 Å². The van der Waals surface area contributed by atoms with Crippen LogP contribution in [0.4, 0.5) is 14.6 Å². The van der Waals surface area contributed by atoms with Gasteiger partial charge in [-0.25, -0.2) is 18.7 Å². The van der Waals surface area contributed by atoms with Crippen molar-refractivity contribution in [3.63, 3.8) is 0 Å². The summed E-state index contributed by atoms with van der Waals surface area (Å²) >= 11 is 5.75. The molecule has 5 nitrogen and oxygen atoms in total. The fraction of sp³-hybridized carbons (Fsp3) is 0.600. The second-order valence-electron chi connectivity index (χ2n) is 3.41. The summed E-state index contributed by atoms with van der Waals surface area (Å²) in [5, 5.41) is 11.7. The fourth-order valence-corrected chi connectivity index (χ4v) is 1.31. The van der Waals surface area contributed by atoms with E-state index in [0.29, 0.717) is 12.4 Å². The molecule has 0 saturated heterocycles. The van der Waals surface area contributed by atoms with E-state index < -0.39 is 12.5 Å². The minimum Gasteiger partial charge on any atom is -0.385 e. The minimum atomic E-state index is -2.81. The van der Waals surface area contributed by atoms with Gasteiger partial charge in [-0.15, -0.1) is 0 Å². The van der Waals surface area contributed by atoms with Crippen LogP contribution in [-0.2, 0) is 11.3 Å². The van der Waals surface area contributed by atoms with Crippen molar-refractivity contribution in [3.8, 4) is 0 Å². The number of nitrogens with one attached hydrogen (secondary N) is 1. The third kappa shape index (κ3) is 5.07. The normalized spacial score (nSPS) is 12.8. The molecule has 1 atom stereocenters. The molecule has 0 spiro atoms. The van der Waals surface area contributed by atoms with Crippen LogP contribution in [0, 0.1) is 0 Å². The summed E-state index contributed by atoms with van der Waals surface area (Å²) in [4.78, 5) is 7.93. The second kappa shape index (κ2) is 7.40. The number of hydrogen-bond donors (Lipinski definition) is 2. The van der Waals surface area contributed by atoms with Gasteiger partial charge in [0.25, 0.3) is 6.43 Å². The lowest BCUT2D eigenvalue weighted by molar-refractivity contribution is 0.00380.